The SMILES string of the molecule is COc1c(C)c(O)cc(O)c1C(=O)N1Cc2cccc(OC/C=C/C(=O)N(C)C)c2C1. The van der Waals surface area contributed by atoms with E-state index in [2.05, 4.69) is 0 Å². The number of hydrogen-bond donors (Lipinski definition) is 2. The maximum Gasteiger partial charge on any atom is 0.262 e. The highest BCUT2D eigenvalue weighted by Crippen LogP contribution is 2.40. The second kappa shape index (κ2) is 8.99. The first kappa shape index (κ1) is 22.0. The topological polar surface area (TPSA) is 99.5 Å². The Hall–Kier alpha value is -3.68. The van der Waals surface area contributed by atoms with Gasteiger partial charge in [-0.2, -0.15) is 0 Å². The molecule has 2 N–H and O–H groups in total. The molecule has 1 aliphatic heterocycles. The maximum absolute atomic E-state index is 13.2. The molecule has 0 bridgehead atoms. The average Bonchev–Trinajstić information content (AvgIpc) is 3.18. The van der Waals surface area contributed by atoms with Crippen LogP contribution in [0, 0.1) is 6.92 Å². The number of fused-ring (bicyclic) bond motifs is 1. The van der Waals surface area contributed by atoms with Crippen molar-refractivity contribution in [3.8, 4) is 23.0 Å². The molecule has 0 radical (unpaired) electrons. The molecule has 0 fully saturated rings. The number of benzene rings is 2. The summed E-state index contributed by atoms with van der Waals surface area (Å²) in [6.07, 6.45) is 3.09. The minimum atomic E-state index is -0.406. The number of likely N-dealkylation sites (N-methyl/N-ethyl adjacent to an activating group) is 1. The van der Waals surface area contributed by atoms with Crippen molar-refractivity contribution >= 4 is 11.8 Å². The first-order chi connectivity index (χ1) is 14.7. The highest BCUT2D eigenvalue weighted by molar-refractivity contribution is 6.00. The van der Waals surface area contributed by atoms with Crippen molar-refractivity contribution in [1.82, 2.24) is 9.80 Å². The van der Waals surface area contributed by atoms with E-state index in [0.717, 1.165) is 17.2 Å². The van der Waals surface area contributed by atoms with Crippen molar-refractivity contribution in [3.05, 3.63) is 58.7 Å². The van der Waals surface area contributed by atoms with Gasteiger partial charge in [0.15, 0.2) is 0 Å². The Bertz CT molecular complexity index is 1040. The number of phenolic OH excluding ortho intramolecular Hbond substituents is 2. The number of phenols is 2. The molecule has 2 aromatic rings. The highest BCUT2D eigenvalue weighted by atomic mass is 16.5. The van der Waals surface area contributed by atoms with Gasteiger partial charge < -0.3 is 29.5 Å². The molecule has 31 heavy (non-hydrogen) atoms. The van der Waals surface area contributed by atoms with Gasteiger partial charge in [-0.15, -0.1) is 0 Å². The zero-order valence-corrected chi connectivity index (χ0v) is 18.0. The quantitative estimate of drug-likeness (QED) is 0.689. The second-order valence-electron chi connectivity index (χ2n) is 7.45. The van der Waals surface area contributed by atoms with E-state index >= 15 is 0 Å². The first-order valence-electron chi connectivity index (χ1n) is 9.74. The minimum Gasteiger partial charge on any atom is -0.507 e. The molecule has 0 saturated carbocycles. The van der Waals surface area contributed by atoms with Crippen LogP contribution in [0.2, 0.25) is 0 Å². The van der Waals surface area contributed by atoms with Crippen LogP contribution in [-0.4, -0.2) is 59.6 Å². The van der Waals surface area contributed by atoms with Crippen molar-refractivity contribution in [1.29, 1.82) is 0 Å². The van der Waals surface area contributed by atoms with Crippen molar-refractivity contribution in [2.45, 2.75) is 20.0 Å². The van der Waals surface area contributed by atoms with E-state index in [1.807, 2.05) is 18.2 Å². The fourth-order valence-electron chi connectivity index (χ4n) is 3.46. The normalized spacial score (nSPS) is 12.7. The summed E-state index contributed by atoms with van der Waals surface area (Å²) in [5.74, 6) is -0.244. The van der Waals surface area contributed by atoms with Gasteiger partial charge in [0, 0.05) is 43.9 Å². The standard InChI is InChI=1S/C23H26N2O6/c1-14-17(26)11-18(27)21(22(14)30-4)23(29)25-12-15-7-5-8-19(16(15)13-25)31-10-6-9-20(28)24(2)3/h5-9,11,26-27H,10,12-13H2,1-4H3/b9-6+. The molecule has 0 aliphatic carbocycles. The molecule has 0 unspecified atom stereocenters. The lowest BCUT2D eigenvalue weighted by atomic mass is 10.1. The van der Waals surface area contributed by atoms with Gasteiger partial charge in [-0.1, -0.05) is 12.1 Å². The minimum absolute atomic E-state index is 0.0122. The summed E-state index contributed by atoms with van der Waals surface area (Å²) in [4.78, 5) is 27.9. The van der Waals surface area contributed by atoms with Crippen LogP contribution in [0.5, 0.6) is 23.0 Å². The monoisotopic (exact) mass is 426 g/mol. The molecule has 0 atom stereocenters. The van der Waals surface area contributed by atoms with Crippen LogP contribution in [0.15, 0.2) is 36.4 Å². The van der Waals surface area contributed by atoms with Crippen LogP contribution in [0.3, 0.4) is 0 Å². The summed E-state index contributed by atoms with van der Waals surface area (Å²) >= 11 is 0. The molecule has 2 amide bonds. The Morgan fingerprint density at radius 2 is 1.94 bits per heavy atom. The van der Waals surface area contributed by atoms with Crippen LogP contribution in [0.1, 0.15) is 27.0 Å². The van der Waals surface area contributed by atoms with E-state index in [0.29, 0.717) is 24.4 Å². The fourth-order valence-corrected chi connectivity index (χ4v) is 3.46. The lowest BCUT2D eigenvalue weighted by Gasteiger charge is -2.20. The predicted molar refractivity (Wildman–Crippen MR) is 114 cm³/mol. The molecule has 2 aromatic carbocycles. The van der Waals surface area contributed by atoms with Gasteiger partial charge in [0.05, 0.1) is 13.7 Å². The molecule has 1 aliphatic rings. The van der Waals surface area contributed by atoms with Crippen molar-refractivity contribution < 1.29 is 29.3 Å². The average molecular weight is 426 g/mol. The number of rotatable bonds is 6. The van der Waals surface area contributed by atoms with E-state index in [1.165, 1.54) is 18.1 Å². The largest absolute Gasteiger partial charge is 0.507 e. The Balaban J connectivity index is 1.79. The van der Waals surface area contributed by atoms with Gasteiger partial charge in [0.1, 0.15) is 35.2 Å². The summed E-state index contributed by atoms with van der Waals surface area (Å²) < 4.78 is 11.1. The van der Waals surface area contributed by atoms with Crippen LogP contribution in [0.25, 0.3) is 0 Å². The molecule has 8 nitrogen and oxygen atoms in total. The highest BCUT2D eigenvalue weighted by Gasteiger charge is 2.31. The van der Waals surface area contributed by atoms with Crippen molar-refractivity contribution in [3.63, 3.8) is 0 Å². The number of amides is 2. The summed E-state index contributed by atoms with van der Waals surface area (Å²) in [5.41, 5.74) is 2.20. The van der Waals surface area contributed by atoms with E-state index < -0.39 is 5.91 Å². The maximum atomic E-state index is 13.2. The van der Waals surface area contributed by atoms with E-state index in [9.17, 15) is 19.8 Å². The molecule has 0 aromatic heterocycles. The Morgan fingerprint density at radius 1 is 1.19 bits per heavy atom. The van der Waals surface area contributed by atoms with Crippen molar-refractivity contribution in [2.75, 3.05) is 27.8 Å². The molecule has 164 valence electrons. The molecule has 1 heterocycles. The van der Waals surface area contributed by atoms with E-state index in [4.69, 9.17) is 9.47 Å². The van der Waals surface area contributed by atoms with Gasteiger partial charge in [-0.3, -0.25) is 9.59 Å². The molecular formula is C23H26N2O6. The third-order valence-corrected chi connectivity index (χ3v) is 5.16. The molecular weight excluding hydrogens is 400 g/mol. The summed E-state index contributed by atoms with van der Waals surface area (Å²) in [6.45, 7) is 2.48. The first-order valence-corrected chi connectivity index (χ1v) is 9.74. The van der Waals surface area contributed by atoms with Gasteiger partial charge in [0.2, 0.25) is 5.91 Å². The lowest BCUT2D eigenvalue weighted by Crippen LogP contribution is -2.26. The number of carbonyl (C=O) groups is 2. The molecule has 8 heteroatoms. The van der Waals surface area contributed by atoms with Gasteiger partial charge in [0.25, 0.3) is 5.91 Å². The number of ether oxygens (including phenoxy) is 2. The Kier molecular flexibility index (Phi) is 6.39. The Labute approximate surface area is 180 Å². The second-order valence-corrected chi connectivity index (χ2v) is 7.45. The van der Waals surface area contributed by atoms with E-state index in [1.54, 1.807) is 32.0 Å². The van der Waals surface area contributed by atoms with Crippen molar-refractivity contribution in [2.24, 2.45) is 0 Å². The summed E-state index contributed by atoms with van der Waals surface area (Å²) in [6, 6.07) is 6.72. The van der Waals surface area contributed by atoms with Gasteiger partial charge in [-0.05, 0) is 24.6 Å². The summed E-state index contributed by atoms with van der Waals surface area (Å²) in [5, 5.41) is 20.2. The van der Waals surface area contributed by atoms with Gasteiger partial charge >= 0.3 is 0 Å². The Morgan fingerprint density at radius 3 is 2.61 bits per heavy atom. The zero-order chi connectivity index (χ0) is 22.7. The van der Waals surface area contributed by atoms with Crippen LogP contribution >= 0.6 is 0 Å². The smallest absolute Gasteiger partial charge is 0.262 e. The third kappa shape index (κ3) is 4.42. The number of nitrogens with zero attached hydrogens (tertiary/aromatic N) is 2. The fraction of sp³-hybridized carbons (Fsp3) is 0.304. The molecule has 0 saturated heterocycles. The summed E-state index contributed by atoms with van der Waals surface area (Å²) in [7, 11) is 4.73. The lowest BCUT2D eigenvalue weighted by molar-refractivity contribution is -0.123. The van der Waals surface area contributed by atoms with E-state index in [-0.39, 0.29) is 35.3 Å². The number of methoxy groups -OCH3 is 1. The zero-order valence-electron chi connectivity index (χ0n) is 18.0. The van der Waals surface area contributed by atoms with Crippen LogP contribution < -0.4 is 9.47 Å². The third-order valence-electron chi connectivity index (χ3n) is 5.16. The number of carbonyl (C=O) groups excluding carboxylic acids is 2. The molecule has 3 rings (SSSR count). The van der Waals surface area contributed by atoms with Crippen LogP contribution in [-0.2, 0) is 17.9 Å². The molecule has 0 spiro atoms. The number of aromatic hydroxyl groups is 2. The van der Waals surface area contributed by atoms with Gasteiger partial charge in [-0.25, -0.2) is 0 Å². The number of hydrogen-bond acceptors (Lipinski definition) is 6. The predicted octanol–water partition coefficient (Wildman–Crippen LogP) is 2.59. The van der Waals surface area contributed by atoms with Crippen LogP contribution in [0.4, 0.5) is 0 Å².